The predicted octanol–water partition coefficient (Wildman–Crippen LogP) is 2.36. The molecule has 0 aromatic heterocycles. The fourth-order valence-electron chi connectivity index (χ4n) is 1.02. The largest absolute Gasteiger partial charge is 0.361 e. The molecule has 0 bridgehead atoms. The monoisotopic (exact) mass is 257 g/mol. The van der Waals surface area contributed by atoms with Gasteiger partial charge in [0.1, 0.15) is 0 Å². The van der Waals surface area contributed by atoms with Gasteiger partial charge in [-0.3, -0.25) is 0 Å². The van der Waals surface area contributed by atoms with Gasteiger partial charge in [-0.25, -0.2) is 0 Å². The zero-order valence-electron chi connectivity index (χ0n) is 9.38. The van der Waals surface area contributed by atoms with Crippen molar-refractivity contribution in [2.75, 3.05) is 11.9 Å². The highest BCUT2D eigenvalue weighted by Gasteiger charge is 2.10. The van der Waals surface area contributed by atoms with E-state index in [9.17, 15) is 0 Å². The molecule has 0 heterocycles. The van der Waals surface area contributed by atoms with Gasteiger partial charge in [-0.2, -0.15) is 0 Å². The van der Waals surface area contributed by atoms with Gasteiger partial charge in [0.15, 0.2) is 5.11 Å². The van der Waals surface area contributed by atoms with Gasteiger partial charge in [0.25, 0.3) is 0 Å². The number of rotatable bonds is 3. The molecule has 0 unspecified atom stereocenters. The molecule has 1 rings (SSSR count). The Morgan fingerprint density at radius 3 is 2.44 bits per heavy atom. The summed E-state index contributed by atoms with van der Waals surface area (Å²) in [5, 5.41) is 7.35. The molecule has 0 aliphatic carbocycles. The molecule has 5 heteroatoms. The number of nitrogens with one attached hydrogen (secondary N) is 2. The maximum Gasteiger partial charge on any atom is 0.170 e. The van der Waals surface area contributed by atoms with Crippen molar-refractivity contribution in [3.8, 4) is 0 Å². The lowest BCUT2D eigenvalue weighted by Gasteiger charge is -2.20. The van der Waals surface area contributed by atoms with E-state index in [2.05, 4.69) is 10.6 Å². The average molecular weight is 258 g/mol. The van der Waals surface area contributed by atoms with Crippen LogP contribution in [0.4, 0.5) is 5.69 Å². The van der Waals surface area contributed by atoms with Gasteiger partial charge in [0.05, 0.1) is 0 Å². The molecule has 0 saturated heterocycles. The second kappa shape index (κ2) is 5.48. The molecule has 0 atom stereocenters. The highest BCUT2D eigenvalue weighted by atomic mass is 35.5. The van der Waals surface area contributed by atoms with Crippen LogP contribution in [0.2, 0.25) is 5.02 Å². The van der Waals surface area contributed by atoms with E-state index < -0.39 is 0 Å². The van der Waals surface area contributed by atoms with E-state index in [4.69, 9.17) is 29.6 Å². The number of anilines is 1. The Morgan fingerprint density at radius 1 is 1.38 bits per heavy atom. The Kier molecular flexibility index (Phi) is 4.53. The topological polar surface area (TPSA) is 50.1 Å². The van der Waals surface area contributed by atoms with E-state index in [0.29, 0.717) is 16.7 Å². The van der Waals surface area contributed by atoms with Crippen LogP contribution in [0.25, 0.3) is 0 Å². The summed E-state index contributed by atoms with van der Waals surface area (Å²) in [7, 11) is 0. The summed E-state index contributed by atoms with van der Waals surface area (Å²) >= 11 is 10.9. The summed E-state index contributed by atoms with van der Waals surface area (Å²) in [5.74, 6) is 0. The van der Waals surface area contributed by atoms with Crippen LogP contribution in [0.3, 0.4) is 0 Å². The summed E-state index contributed by atoms with van der Waals surface area (Å²) in [6, 6.07) is 7.34. The predicted molar refractivity (Wildman–Crippen MR) is 73.9 cm³/mol. The molecule has 16 heavy (non-hydrogen) atoms. The zero-order chi connectivity index (χ0) is 12.2. The molecule has 3 nitrogen and oxygen atoms in total. The van der Waals surface area contributed by atoms with Crippen molar-refractivity contribution in [2.45, 2.75) is 19.4 Å². The summed E-state index contributed by atoms with van der Waals surface area (Å²) in [4.78, 5) is 0. The fraction of sp³-hybridized carbons (Fsp3) is 0.364. The number of nitrogens with two attached hydrogens (primary N) is 1. The Balaban J connectivity index is 2.43. The first kappa shape index (κ1) is 13.2. The van der Waals surface area contributed by atoms with E-state index in [0.717, 1.165) is 5.69 Å². The molecule has 0 saturated carbocycles. The molecule has 1 aromatic rings. The first-order chi connectivity index (χ1) is 7.37. The third-order valence-electron chi connectivity index (χ3n) is 1.81. The Labute approximate surface area is 106 Å². The van der Waals surface area contributed by atoms with Gasteiger partial charge >= 0.3 is 0 Å². The third kappa shape index (κ3) is 5.30. The maximum atomic E-state index is 5.83. The minimum atomic E-state index is -0.286. The standard InChI is InChI=1S/C11H16ClN3S/c1-11(2,13)7-14-10(16)15-9-5-3-8(12)4-6-9/h3-6H,7,13H2,1-2H3,(H2,14,15,16). The van der Waals surface area contributed by atoms with Crippen molar-refractivity contribution in [1.29, 1.82) is 0 Å². The molecule has 0 spiro atoms. The second-order valence-electron chi connectivity index (χ2n) is 4.30. The first-order valence-corrected chi connectivity index (χ1v) is 5.75. The van der Waals surface area contributed by atoms with Crippen LogP contribution in [0.5, 0.6) is 0 Å². The quantitative estimate of drug-likeness (QED) is 0.728. The van der Waals surface area contributed by atoms with Crippen LogP contribution in [-0.4, -0.2) is 17.2 Å². The number of halogens is 1. The van der Waals surface area contributed by atoms with Gasteiger partial charge in [0.2, 0.25) is 0 Å². The molecule has 1 aromatic carbocycles. The van der Waals surface area contributed by atoms with Crippen molar-refractivity contribution < 1.29 is 0 Å². The highest BCUT2D eigenvalue weighted by molar-refractivity contribution is 7.80. The average Bonchev–Trinajstić information content (AvgIpc) is 2.18. The van der Waals surface area contributed by atoms with E-state index in [-0.39, 0.29) is 5.54 Å². The van der Waals surface area contributed by atoms with Gasteiger partial charge in [0, 0.05) is 22.8 Å². The number of thiocarbonyl (C=S) groups is 1. The summed E-state index contributed by atoms with van der Waals surface area (Å²) in [6.45, 7) is 4.49. The van der Waals surface area contributed by atoms with E-state index >= 15 is 0 Å². The van der Waals surface area contributed by atoms with Crippen molar-refractivity contribution in [2.24, 2.45) is 5.73 Å². The minimum absolute atomic E-state index is 0.286. The second-order valence-corrected chi connectivity index (χ2v) is 5.15. The maximum absolute atomic E-state index is 5.83. The lowest BCUT2D eigenvalue weighted by molar-refractivity contribution is 0.509. The SMILES string of the molecule is CC(C)(N)CNC(=S)Nc1ccc(Cl)cc1. The molecular weight excluding hydrogens is 242 g/mol. The van der Waals surface area contributed by atoms with Crippen LogP contribution < -0.4 is 16.4 Å². The lowest BCUT2D eigenvalue weighted by atomic mass is 10.1. The molecule has 88 valence electrons. The molecular formula is C11H16ClN3S. The van der Waals surface area contributed by atoms with Crippen LogP contribution in [0, 0.1) is 0 Å². The molecule has 0 radical (unpaired) electrons. The molecule has 0 fully saturated rings. The van der Waals surface area contributed by atoms with E-state index in [1.165, 1.54) is 0 Å². The third-order valence-corrected chi connectivity index (χ3v) is 2.31. The van der Waals surface area contributed by atoms with Crippen LogP contribution in [0.1, 0.15) is 13.8 Å². The number of hydrogen-bond acceptors (Lipinski definition) is 2. The number of hydrogen-bond donors (Lipinski definition) is 3. The molecule has 4 N–H and O–H groups in total. The normalized spacial score (nSPS) is 11.0. The minimum Gasteiger partial charge on any atom is -0.361 e. The van der Waals surface area contributed by atoms with Crippen molar-refractivity contribution in [3.63, 3.8) is 0 Å². The number of benzene rings is 1. The van der Waals surface area contributed by atoms with Gasteiger partial charge < -0.3 is 16.4 Å². The van der Waals surface area contributed by atoms with Crippen LogP contribution in [-0.2, 0) is 0 Å². The molecule has 0 amide bonds. The summed E-state index contributed by atoms with van der Waals surface area (Å²) in [6.07, 6.45) is 0. The Hall–Kier alpha value is -0.840. The zero-order valence-corrected chi connectivity index (χ0v) is 11.0. The van der Waals surface area contributed by atoms with E-state index in [1.807, 2.05) is 26.0 Å². The lowest BCUT2D eigenvalue weighted by Crippen LogP contribution is -2.46. The molecule has 0 aliphatic heterocycles. The summed E-state index contributed by atoms with van der Waals surface area (Å²) in [5.41, 5.74) is 6.44. The summed E-state index contributed by atoms with van der Waals surface area (Å²) < 4.78 is 0. The van der Waals surface area contributed by atoms with Crippen LogP contribution in [0.15, 0.2) is 24.3 Å². The van der Waals surface area contributed by atoms with Gasteiger partial charge in [-0.05, 0) is 50.3 Å². The van der Waals surface area contributed by atoms with Crippen molar-refractivity contribution >= 4 is 34.6 Å². The van der Waals surface area contributed by atoms with Crippen molar-refractivity contribution in [1.82, 2.24) is 5.32 Å². The smallest absolute Gasteiger partial charge is 0.170 e. The Morgan fingerprint density at radius 2 is 1.94 bits per heavy atom. The van der Waals surface area contributed by atoms with Crippen LogP contribution >= 0.6 is 23.8 Å². The fourth-order valence-corrected chi connectivity index (χ4v) is 1.33. The highest BCUT2D eigenvalue weighted by Crippen LogP contribution is 2.13. The van der Waals surface area contributed by atoms with E-state index in [1.54, 1.807) is 12.1 Å². The first-order valence-electron chi connectivity index (χ1n) is 4.96. The molecule has 0 aliphatic rings. The van der Waals surface area contributed by atoms with Gasteiger partial charge in [-0.15, -0.1) is 0 Å². The Bertz CT molecular complexity index is 356. The van der Waals surface area contributed by atoms with Gasteiger partial charge in [-0.1, -0.05) is 11.6 Å². The van der Waals surface area contributed by atoms with Crippen molar-refractivity contribution in [3.05, 3.63) is 29.3 Å².